The first-order chi connectivity index (χ1) is 8.72. The van der Waals surface area contributed by atoms with E-state index < -0.39 is 0 Å². The Hall–Kier alpha value is -0.650. The Balaban J connectivity index is 1.84. The van der Waals surface area contributed by atoms with Gasteiger partial charge < -0.3 is 19.7 Å². The second-order valence-corrected chi connectivity index (χ2v) is 5.16. The van der Waals surface area contributed by atoms with Gasteiger partial charge in [-0.3, -0.25) is 4.79 Å². The van der Waals surface area contributed by atoms with Crippen molar-refractivity contribution in [2.24, 2.45) is 5.92 Å². The van der Waals surface area contributed by atoms with Crippen LogP contribution in [0, 0.1) is 5.92 Å². The van der Waals surface area contributed by atoms with Crippen molar-refractivity contribution in [2.45, 2.75) is 31.9 Å². The molecule has 2 saturated heterocycles. The van der Waals surface area contributed by atoms with Crippen molar-refractivity contribution in [2.75, 3.05) is 40.0 Å². The quantitative estimate of drug-likeness (QED) is 0.766. The summed E-state index contributed by atoms with van der Waals surface area (Å²) >= 11 is 0. The molecule has 2 aliphatic heterocycles. The third kappa shape index (κ3) is 3.22. The smallest absolute Gasteiger partial charge is 0.229 e. The number of carbonyl (C=O) groups is 1. The van der Waals surface area contributed by atoms with E-state index in [2.05, 4.69) is 12.2 Å². The van der Waals surface area contributed by atoms with Crippen LogP contribution in [0.2, 0.25) is 0 Å². The van der Waals surface area contributed by atoms with Gasteiger partial charge in [0, 0.05) is 26.2 Å². The minimum Gasteiger partial charge on any atom is -0.379 e. The topological polar surface area (TPSA) is 50.8 Å². The van der Waals surface area contributed by atoms with E-state index in [-0.39, 0.29) is 24.0 Å². The summed E-state index contributed by atoms with van der Waals surface area (Å²) in [5.74, 6) is 0.130. The number of hydrogen-bond donors (Lipinski definition) is 1. The lowest BCUT2D eigenvalue weighted by molar-refractivity contribution is -0.136. The lowest BCUT2D eigenvalue weighted by Crippen LogP contribution is -2.46. The third-order valence-corrected chi connectivity index (χ3v) is 3.74. The van der Waals surface area contributed by atoms with E-state index in [1.54, 1.807) is 4.90 Å². The molecule has 3 atom stereocenters. The van der Waals surface area contributed by atoms with Crippen LogP contribution in [-0.4, -0.2) is 62.9 Å². The van der Waals surface area contributed by atoms with E-state index in [1.807, 2.05) is 7.05 Å². The molecule has 104 valence electrons. The number of ether oxygens (including phenoxy) is 2. The summed E-state index contributed by atoms with van der Waals surface area (Å²) in [6.45, 7) is 5.63. The van der Waals surface area contributed by atoms with Gasteiger partial charge in [0.15, 0.2) is 0 Å². The maximum atomic E-state index is 12.4. The number of likely N-dealkylation sites (N-methyl/N-ethyl adjacent to an activating group) is 2. The number of nitrogens with zero attached hydrogens (tertiary/aromatic N) is 1. The first kappa shape index (κ1) is 13.8. The molecule has 5 nitrogen and oxygen atoms in total. The fourth-order valence-electron chi connectivity index (χ4n) is 2.73. The van der Waals surface area contributed by atoms with Crippen LogP contribution in [0.25, 0.3) is 0 Å². The van der Waals surface area contributed by atoms with E-state index in [0.29, 0.717) is 19.8 Å². The molecule has 1 amide bonds. The zero-order valence-electron chi connectivity index (χ0n) is 11.4. The molecule has 1 N–H and O–H groups in total. The van der Waals surface area contributed by atoms with Crippen LogP contribution in [0.4, 0.5) is 0 Å². The molecule has 0 radical (unpaired) electrons. The van der Waals surface area contributed by atoms with Crippen molar-refractivity contribution in [3.8, 4) is 0 Å². The number of carbonyl (C=O) groups excluding carboxylic acids is 1. The molecule has 2 aliphatic rings. The highest BCUT2D eigenvalue weighted by atomic mass is 16.5. The van der Waals surface area contributed by atoms with Gasteiger partial charge in [0.1, 0.15) is 0 Å². The number of amides is 1. The van der Waals surface area contributed by atoms with E-state index in [9.17, 15) is 4.79 Å². The highest BCUT2D eigenvalue weighted by Crippen LogP contribution is 2.18. The van der Waals surface area contributed by atoms with Crippen LogP contribution in [-0.2, 0) is 14.3 Å². The summed E-state index contributed by atoms with van der Waals surface area (Å²) < 4.78 is 11.0. The number of hydrogen-bond acceptors (Lipinski definition) is 4. The summed E-state index contributed by atoms with van der Waals surface area (Å²) in [6.07, 6.45) is 2.40. The number of nitrogens with one attached hydrogen (secondary N) is 1. The Morgan fingerprint density at radius 3 is 2.94 bits per heavy atom. The summed E-state index contributed by atoms with van der Waals surface area (Å²) in [5, 5.41) is 3.32. The zero-order chi connectivity index (χ0) is 13.0. The van der Waals surface area contributed by atoms with Crippen LogP contribution in [0.3, 0.4) is 0 Å². The summed E-state index contributed by atoms with van der Waals surface area (Å²) in [5.41, 5.74) is 0. The largest absolute Gasteiger partial charge is 0.379 e. The van der Waals surface area contributed by atoms with Crippen LogP contribution in [0.1, 0.15) is 19.8 Å². The Bertz CT molecular complexity index is 279. The van der Waals surface area contributed by atoms with Crippen LogP contribution in [0.15, 0.2) is 0 Å². The maximum absolute atomic E-state index is 12.4. The summed E-state index contributed by atoms with van der Waals surface area (Å²) in [4.78, 5) is 14.2. The SMILES string of the molecule is CCNC1COCC1C(=O)N(C)CC1CCCO1. The molecule has 0 saturated carbocycles. The van der Waals surface area contributed by atoms with Crippen molar-refractivity contribution >= 4 is 5.91 Å². The minimum absolute atomic E-state index is 0.0450. The van der Waals surface area contributed by atoms with Gasteiger partial charge in [-0.05, 0) is 19.4 Å². The van der Waals surface area contributed by atoms with Gasteiger partial charge in [0.25, 0.3) is 0 Å². The van der Waals surface area contributed by atoms with Crippen molar-refractivity contribution in [3.05, 3.63) is 0 Å². The third-order valence-electron chi connectivity index (χ3n) is 3.74. The lowest BCUT2D eigenvalue weighted by Gasteiger charge is -2.26. The van der Waals surface area contributed by atoms with E-state index in [1.165, 1.54) is 0 Å². The van der Waals surface area contributed by atoms with Crippen molar-refractivity contribution < 1.29 is 14.3 Å². The molecule has 2 heterocycles. The fraction of sp³-hybridized carbons (Fsp3) is 0.923. The normalized spacial score (nSPS) is 31.8. The molecular weight excluding hydrogens is 232 g/mol. The molecule has 3 unspecified atom stereocenters. The van der Waals surface area contributed by atoms with Gasteiger partial charge >= 0.3 is 0 Å². The second-order valence-electron chi connectivity index (χ2n) is 5.16. The van der Waals surface area contributed by atoms with Crippen molar-refractivity contribution in [1.29, 1.82) is 0 Å². The molecule has 5 heteroatoms. The van der Waals surface area contributed by atoms with Crippen LogP contribution in [0.5, 0.6) is 0 Å². The predicted molar refractivity (Wildman–Crippen MR) is 68.4 cm³/mol. The zero-order valence-corrected chi connectivity index (χ0v) is 11.4. The molecule has 0 aliphatic carbocycles. The standard InChI is InChI=1S/C13H24N2O3/c1-3-14-12-9-17-8-11(12)13(16)15(2)7-10-5-4-6-18-10/h10-12,14H,3-9H2,1-2H3. The van der Waals surface area contributed by atoms with Gasteiger partial charge in [-0.2, -0.15) is 0 Å². The average Bonchev–Trinajstić information content (AvgIpc) is 3.00. The summed E-state index contributed by atoms with van der Waals surface area (Å²) in [6, 6.07) is 0.162. The van der Waals surface area contributed by atoms with Crippen LogP contribution >= 0.6 is 0 Å². The Kier molecular flexibility index (Phi) is 4.97. The molecule has 18 heavy (non-hydrogen) atoms. The molecular formula is C13H24N2O3. The first-order valence-corrected chi connectivity index (χ1v) is 6.90. The Morgan fingerprint density at radius 1 is 1.44 bits per heavy atom. The number of rotatable bonds is 5. The van der Waals surface area contributed by atoms with E-state index >= 15 is 0 Å². The van der Waals surface area contributed by atoms with Gasteiger partial charge in [-0.15, -0.1) is 0 Å². The molecule has 2 fully saturated rings. The van der Waals surface area contributed by atoms with Crippen molar-refractivity contribution in [1.82, 2.24) is 10.2 Å². The highest BCUT2D eigenvalue weighted by Gasteiger charge is 2.35. The van der Waals surface area contributed by atoms with Gasteiger partial charge in [-0.1, -0.05) is 6.92 Å². The first-order valence-electron chi connectivity index (χ1n) is 6.90. The summed E-state index contributed by atoms with van der Waals surface area (Å²) in [7, 11) is 1.87. The second kappa shape index (κ2) is 6.50. The average molecular weight is 256 g/mol. The van der Waals surface area contributed by atoms with Gasteiger partial charge in [0.05, 0.1) is 25.2 Å². The Morgan fingerprint density at radius 2 is 2.28 bits per heavy atom. The highest BCUT2D eigenvalue weighted by molar-refractivity contribution is 5.79. The van der Waals surface area contributed by atoms with Crippen molar-refractivity contribution in [3.63, 3.8) is 0 Å². The molecule has 0 aromatic rings. The lowest BCUT2D eigenvalue weighted by atomic mass is 10.0. The maximum Gasteiger partial charge on any atom is 0.229 e. The Labute approximate surface area is 109 Å². The predicted octanol–water partition coefficient (Wildman–Crippen LogP) is 0.248. The van der Waals surface area contributed by atoms with E-state index in [0.717, 1.165) is 26.0 Å². The molecule has 0 spiro atoms. The van der Waals surface area contributed by atoms with Gasteiger partial charge in [0.2, 0.25) is 5.91 Å². The van der Waals surface area contributed by atoms with Gasteiger partial charge in [-0.25, -0.2) is 0 Å². The molecule has 2 rings (SSSR count). The molecule has 0 aromatic carbocycles. The minimum atomic E-state index is -0.0450. The molecule has 0 aromatic heterocycles. The fourth-order valence-corrected chi connectivity index (χ4v) is 2.73. The molecule has 0 bridgehead atoms. The van der Waals surface area contributed by atoms with Crippen LogP contribution < -0.4 is 5.32 Å². The monoisotopic (exact) mass is 256 g/mol. The van der Waals surface area contributed by atoms with E-state index in [4.69, 9.17) is 9.47 Å².